The molecule has 92 valence electrons. The minimum absolute atomic E-state index is 0.0428. The van der Waals surface area contributed by atoms with Gasteiger partial charge in [-0.05, 0) is 38.3 Å². The molecule has 1 aliphatic heterocycles. The minimum atomic E-state index is -0.363. The molecule has 0 unspecified atom stereocenters. The lowest BCUT2D eigenvalue weighted by Gasteiger charge is -2.30. The fourth-order valence-electron chi connectivity index (χ4n) is 2.36. The second-order valence-electron chi connectivity index (χ2n) is 4.87. The maximum Gasteiger partial charge on any atom is 0.254 e. The Hall–Kier alpha value is -1.35. The first-order chi connectivity index (χ1) is 8.08. The number of nitrogens with zero attached hydrogens (tertiary/aromatic N) is 1. The molecule has 1 saturated heterocycles. The van der Waals surface area contributed by atoms with Crippen molar-refractivity contribution in [2.75, 3.05) is 13.1 Å². The normalized spacial score (nSPS) is 20.4. The Morgan fingerprint density at radius 3 is 2.82 bits per heavy atom. The summed E-state index contributed by atoms with van der Waals surface area (Å²) in [5.74, 6) is 0.0428. The Bertz CT molecular complexity index is 428. The van der Waals surface area contributed by atoms with Gasteiger partial charge in [-0.1, -0.05) is 17.7 Å². The van der Waals surface area contributed by atoms with Gasteiger partial charge < -0.3 is 10.0 Å². The van der Waals surface area contributed by atoms with Crippen molar-refractivity contribution >= 4 is 5.91 Å². The average Bonchev–Trinajstić information content (AvgIpc) is 2.28. The van der Waals surface area contributed by atoms with E-state index in [9.17, 15) is 9.90 Å². The van der Waals surface area contributed by atoms with Crippen LogP contribution in [0.3, 0.4) is 0 Å². The van der Waals surface area contributed by atoms with E-state index in [-0.39, 0.29) is 12.0 Å². The summed E-state index contributed by atoms with van der Waals surface area (Å²) >= 11 is 0. The molecule has 0 aromatic heterocycles. The van der Waals surface area contributed by atoms with Crippen LogP contribution in [0.4, 0.5) is 0 Å². The van der Waals surface area contributed by atoms with Crippen molar-refractivity contribution in [2.45, 2.75) is 32.8 Å². The van der Waals surface area contributed by atoms with Crippen molar-refractivity contribution < 1.29 is 9.90 Å². The van der Waals surface area contributed by atoms with E-state index in [1.165, 1.54) is 0 Å². The molecule has 1 aromatic rings. The number of benzene rings is 1. The molecular formula is C14H19NO2. The Morgan fingerprint density at radius 2 is 2.18 bits per heavy atom. The number of aliphatic hydroxyl groups is 1. The van der Waals surface area contributed by atoms with Gasteiger partial charge in [0.15, 0.2) is 0 Å². The number of likely N-dealkylation sites (tertiary alicyclic amines) is 1. The lowest BCUT2D eigenvalue weighted by atomic mass is 10.0. The minimum Gasteiger partial charge on any atom is -0.391 e. The number of amides is 1. The highest BCUT2D eigenvalue weighted by molar-refractivity contribution is 5.95. The van der Waals surface area contributed by atoms with Gasteiger partial charge in [-0.15, -0.1) is 0 Å². The summed E-state index contributed by atoms with van der Waals surface area (Å²) in [6.45, 7) is 5.20. The van der Waals surface area contributed by atoms with Crippen molar-refractivity contribution in [1.82, 2.24) is 4.90 Å². The number of aryl methyl sites for hydroxylation is 2. The molecule has 3 nitrogen and oxygen atoms in total. The molecule has 2 rings (SSSR count). The number of carbonyl (C=O) groups is 1. The number of aliphatic hydroxyl groups excluding tert-OH is 1. The van der Waals surface area contributed by atoms with Crippen molar-refractivity contribution in [1.29, 1.82) is 0 Å². The van der Waals surface area contributed by atoms with Crippen LogP contribution in [-0.4, -0.2) is 35.1 Å². The van der Waals surface area contributed by atoms with E-state index in [2.05, 4.69) is 0 Å². The van der Waals surface area contributed by atoms with Crippen LogP contribution in [0.25, 0.3) is 0 Å². The first-order valence-electron chi connectivity index (χ1n) is 6.12. The van der Waals surface area contributed by atoms with Crippen LogP contribution in [0.1, 0.15) is 34.3 Å². The van der Waals surface area contributed by atoms with Gasteiger partial charge >= 0.3 is 0 Å². The molecule has 1 amide bonds. The fraction of sp³-hybridized carbons (Fsp3) is 0.500. The van der Waals surface area contributed by atoms with Crippen molar-refractivity contribution in [2.24, 2.45) is 0 Å². The number of β-amino-alcohol motifs (C(OH)–C–C–N with tert-alkyl or cyclic N) is 1. The summed E-state index contributed by atoms with van der Waals surface area (Å²) in [5, 5.41) is 9.59. The van der Waals surface area contributed by atoms with Crippen LogP contribution in [0.5, 0.6) is 0 Å². The maximum absolute atomic E-state index is 12.3. The first-order valence-corrected chi connectivity index (χ1v) is 6.12. The quantitative estimate of drug-likeness (QED) is 0.804. The van der Waals surface area contributed by atoms with Gasteiger partial charge in [-0.2, -0.15) is 0 Å². The van der Waals surface area contributed by atoms with Crippen LogP contribution >= 0.6 is 0 Å². The van der Waals surface area contributed by atoms with Crippen molar-refractivity contribution in [3.05, 3.63) is 34.9 Å². The molecule has 0 saturated carbocycles. The summed E-state index contributed by atoms with van der Waals surface area (Å²) in [6, 6.07) is 5.86. The molecule has 0 radical (unpaired) electrons. The molecule has 0 aliphatic carbocycles. The first kappa shape index (κ1) is 12.1. The molecule has 1 aliphatic rings. The fourth-order valence-corrected chi connectivity index (χ4v) is 2.36. The molecule has 1 N–H and O–H groups in total. The Kier molecular flexibility index (Phi) is 3.48. The number of hydrogen-bond donors (Lipinski definition) is 1. The summed E-state index contributed by atoms with van der Waals surface area (Å²) in [7, 11) is 0. The smallest absolute Gasteiger partial charge is 0.254 e. The van der Waals surface area contributed by atoms with E-state index in [4.69, 9.17) is 0 Å². The molecule has 3 heteroatoms. The highest BCUT2D eigenvalue weighted by Crippen LogP contribution is 2.17. The zero-order chi connectivity index (χ0) is 12.4. The molecular weight excluding hydrogens is 214 g/mol. The number of carbonyl (C=O) groups excluding carboxylic acids is 1. The van der Waals surface area contributed by atoms with Gasteiger partial charge in [0.2, 0.25) is 0 Å². The van der Waals surface area contributed by atoms with E-state index in [0.29, 0.717) is 6.54 Å². The predicted octanol–water partition coefficient (Wildman–Crippen LogP) is 1.90. The molecule has 1 aromatic carbocycles. The van der Waals surface area contributed by atoms with E-state index in [0.717, 1.165) is 36.1 Å². The van der Waals surface area contributed by atoms with Crippen LogP contribution in [0.15, 0.2) is 18.2 Å². The molecule has 1 heterocycles. The Balaban J connectivity index is 2.18. The molecule has 1 fully saturated rings. The largest absolute Gasteiger partial charge is 0.391 e. The van der Waals surface area contributed by atoms with Gasteiger partial charge in [0.1, 0.15) is 0 Å². The summed E-state index contributed by atoms with van der Waals surface area (Å²) in [5.41, 5.74) is 2.93. The number of rotatable bonds is 1. The van der Waals surface area contributed by atoms with E-state index in [1.54, 1.807) is 4.90 Å². The van der Waals surface area contributed by atoms with Crippen molar-refractivity contribution in [3.8, 4) is 0 Å². The molecule has 0 spiro atoms. The predicted molar refractivity (Wildman–Crippen MR) is 67.1 cm³/mol. The number of piperidine rings is 1. The Morgan fingerprint density at radius 1 is 1.41 bits per heavy atom. The van der Waals surface area contributed by atoms with E-state index < -0.39 is 0 Å². The van der Waals surface area contributed by atoms with Gasteiger partial charge in [-0.3, -0.25) is 4.79 Å². The molecule has 1 atom stereocenters. The van der Waals surface area contributed by atoms with Crippen molar-refractivity contribution in [3.63, 3.8) is 0 Å². The third kappa shape index (κ3) is 2.67. The SMILES string of the molecule is Cc1ccc(C(=O)N2CCC[C@@H](O)C2)c(C)c1. The lowest BCUT2D eigenvalue weighted by molar-refractivity contribution is 0.0473. The second kappa shape index (κ2) is 4.88. The Labute approximate surface area is 102 Å². The standard InChI is InChI=1S/C14H19NO2/c1-10-5-6-13(11(2)8-10)14(17)15-7-3-4-12(16)9-15/h5-6,8,12,16H,3-4,7,9H2,1-2H3/t12-/m1/s1. The van der Waals surface area contributed by atoms with Gasteiger partial charge in [0.05, 0.1) is 6.10 Å². The van der Waals surface area contributed by atoms with Crippen LogP contribution in [-0.2, 0) is 0 Å². The highest BCUT2D eigenvalue weighted by Gasteiger charge is 2.23. The third-order valence-electron chi connectivity index (χ3n) is 3.30. The summed E-state index contributed by atoms with van der Waals surface area (Å²) in [4.78, 5) is 14.0. The zero-order valence-electron chi connectivity index (χ0n) is 10.4. The molecule has 17 heavy (non-hydrogen) atoms. The summed E-state index contributed by atoms with van der Waals surface area (Å²) < 4.78 is 0. The summed E-state index contributed by atoms with van der Waals surface area (Å²) in [6.07, 6.45) is 1.33. The van der Waals surface area contributed by atoms with Gasteiger partial charge in [0, 0.05) is 18.7 Å². The second-order valence-corrected chi connectivity index (χ2v) is 4.87. The average molecular weight is 233 g/mol. The van der Waals surface area contributed by atoms with Crippen LogP contribution in [0.2, 0.25) is 0 Å². The van der Waals surface area contributed by atoms with Crippen LogP contribution in [0, 0.1) is 13.8 Å². The van der Waals surface area contributed by atoms with Crippen LogP contribution < -0.4 is 0 Å². The lowest BCUT2D eigenvalue weighted by Crippen LogP contribution is -2.42. The topological polar surface area (TPSA) is 40.5 Å². The number of hydrogen-bond acceptors (Lipinski definition) is 2. The monoisotopic (exact) mass is 233 g/mol. The third-order valence-corrected chi connectivity index (χ3v) is 3.30. The highest BCUT2D eigenvalue weighted by atomic mass is 16.3. The van der Waals surface area contributed by atoms with E-state index >= 15 is 0 Å². The van der Waals surface area contributed by atoms with Gasteiger partial charge in [-0.25, -0.2) is 0 Å². The van der Waals surface area contributed by atoms with Gasteiger partial charge in [0.25, 0.3) is 5.91 Å². The molecule has 0 bridgehead atoms. The zero-order valence-corrected chi connectivity index (χ0v) is 10.4. The maximum atomic E-state index is 12.3. The van der Waals surface area contributed by atoms with E-state index in [1.807, 2.05) is 32.0 Å².